The Bertz CT molecular complexity index is 2180. The monoisotopic (exact) mass is 753 g/mol. The SMILES string of the molecule is C[C@H](c1ccccc1)N1C/C(=C/c2ccccc2Cl)[C@]2(ON=C(c3ccc(Cl)cc3)O2)C2(C1)ON=C(c1ccc(Cl)cc1)[C@H]2c1ccccc1Cl. The molecule has 2 spiro atoms. The highest BCUT2D eigenvalue weighted by Crippen LogP contribution is 2.57. The van der Waals surface area contributed by atoms with Gasteiger partial charge in [-0.1, -0.05) is 130 Å². The van der Waals surface area contributed by atoms with Gasteiger partial charge in [-0.3, -0.25) is 4.90 Å². The molecule has 0 amide bonds. The van der Waals surface area contributed by atoms with Crippen molar-refractivity contribution in [2.24, 2.45) is 10.3 Å². The van der Waals surface area contributed by atoms with E-state index in [1.54, 1.807) is 12.1 Å². The van der Waals surface area contributed by atoms with Crippen LogP contribution in [0.25, 0.3) is 6.08 Å². The minimum absolute atomic E-state index is 0.0526. The van der Waals surface area contributed by atoms with E-state index in [0.717, 1.165) is 27.8 Å². The molecule has 256 valence electrons. The first-order valence-electron chi connectivity index (χ1n) is 16.5. The lowest BCUT2D eigenvalue weighted by molar-refractivity contribution is -0.279. The molecule has 6 nitrogen and oxygen atoms in total. The summed E-state index contributed by atoms with van der Waals surface area (Å²) in [6.45, 7) is 2.94. The van der Waals surface area contributed by atoms with Crippen LogP contribution in [0.3, 0.4) is 0 Å². The van der Waals surface area contributed by atoms with Gasteiger partial charge in [0.2, 0.25) is 5.60 Å². The van der Waals surface area contributed by atoms with E-state index in [9.17, 15) is 0 Å². The van der Waals surface area contributed by atoms with Gasteiger partial charge in [0.05, 0.1) is 18.2 Å². The number of hydrogen-bond acceptors (Lipinski definition) is 6. The Morgan fingerprint density at radius 3 is 2.02 bits per heavy atom. The van der Waals surface area contributed by atoms with Gasteiger partial charge in [0.1, 0.15) is 0 Å². The molecule has 8 rings (SSSR count). The van der Waals surface area contributed by atoms with Crippen LogP contribution in [-0.2, 0) is 14.4 Å². The lowest BCUT2D eigenvalue weighted by atomic mass is 9.68. The fraction of sp³-hybridized carbons (Fsp3) is 0.171. The summed E-state index contributed by atoms with van der Waals surface area (Å²) < 4.78 is 7.09. The molecule has 3 heterocycles. The first kappa shape index (κ1) is 33.8. The van der Waals surface area contributed by atoms with Crippen LogP contribution in [0, 0.1) is 0 Å². The van der Waals surface area contributed by atoms with Gasteiger partial charge in [0.15, 0.2) is 0 Å². The van der Waals surface area contributed by atoms with Crippen molar-refractivity contribution in [1.29, 1.82) is 0 Å². The number of benzene rings is 5. The molecular weight excluding hydrogens is 724 g/mol. The van der Waals surface area contributed by atoms with Crippen LogP contribution in [0.15, 0.2) is 143 Å². The van der Waals surface area contributed by atoms with E-state index in [1.165, 1.54) is 0 Å². The molecule has 0 aliphatic carbocycles. The zero-order valence-corrected chi connectivity index (χ0v) is 30.4. The Balaban J connectivity index is 1.38. The van der Waals surface area contributed by atoms with Gasteiger partial charge in [0.25, 0.3) is 5.90 Å². The molecule has 4 atom stereocenters. The van der Waals surface area contributed by atoms with Crippen LogP contribution < -0.4 is 0 Å². The molecule has 3 aliphatic rings. The maximum atomic E-state index is 7.10. The van der Waals surface area contributed by atoms with Gasteiger partial charge < -0.3 is 14.4 Å². The van der Waals surface area contributed by atoms with Crippen molar-refractivity contribution in [1.82, 2.24) is 4.90 Å². The molecule has 10 heteroatoms. The second-order valence-corrected chi connectivity index (χ2v) is 14.5. The van der Waals surface area contributed by atoms with Crippen LogP contribution in [-0.4, -0.2) is 41.0 Å². The van der Waals surface area contributed by atoms with E-state index >= 15 is 0 Å². The summed E-state index contributed by atoms with van der Waals surface area (Å²) in [5, 5.41) is 11.8. The summed E-state index contributed by atoms with van der Waals surface area (Å²) in [7, 11) is 0. The summed E-state index contributed by atoms with van der Waals surface area (Å²) >= 11 is 26.6. The average Bonchev–Trinajstić information content (AvgIpc) is 3.76. The van der Waals surface area contributed by atoms with Crippen molar-refractivity contribution < 1.29 is 14.4 Å². The van der Waals surface area contributed by atoms with Crippen molar-refractivity contribution in [3.63, 3.8) is 0 Å². The molecule has 5 aromatic carbocycles. The number of rotatable bonds is 6. The molecule has 3 aliphatic heterocycles. The maximum Gasteiger partial charge on any atom is 0.346 e. The van der Waals surface area contributed by atoms with Gasteiger partial charge in [-0.25, -0.2) is 0 Å². The minimum atomic E-state index is -1.63. The van der Waals surface area contributed by atoms with Crippen LogP contribution in [0.1, 0.15) is 46.7 Å². The van der Waals surface area contributed by atoms with Crippen molar-refractivity contribution in [2.75, 3.05) is 13.1 Å². The van der Waals surface area contributed by atoms with Gasteiger partial charge in [-0.15, -0.1) is 0 Å². The van der Waals surface area contributed by atoms with Crippen molar-refractivity contribution in [3.05, 3.63) is 181 Å². The number of likely N-dealkylation sites (tertiary alicyclic amines) is 1. The summed E-state index contributed by atoms with van der Waals surface area (Å²) in [6.07, 6.45) is 2.02. The third kappa shape index (κ3) is 5.99. The molecule has 5 aromatic rings. The van der Waals surface area contributed by atoms with Gasteiger partial charge in [-0.05, 0) is 83.4 Å². The lowest BCUT2D eigenvalue weighted by Crippen LogP contribution is -2.70. The van der Waals surface area contributed by atoms with E-state index in [0.29, 0.717) is 44.5 Å². The van der Waals surface area contributed by atoms with E-state index in [2.05, 4.69) is 29.1 Å². The normalized spacial score (nSPS) is 24.2. The third-order valence-electron chi connectivity index (χ3n) is 9.85. The number of fused-ring (bicyclic) bond motifs is 1. The number of piperidine rings is 1. The quantitative estimate of drug-likeness (QED) is 0.173. The zero-order valence-electron chi connectivity index (χ0n) is 27.3. The first-order chi connectivity index (χ1) is 24.8. The number of hydrogen-bond donors (Lipinski definition) is 0. The first-order valence-corrected chi connectivity index (χ1v) is 18.0. The predicted molar refractivity (Wildman–Crippen MR) is 205 cm³/mol. The molecular formula is C41H31Cl4N3O3. The molecule has 0 aromatic heterocycles. The van der Waals surface area contributed by atoms with E-state index in [1.807, 2.05) is 109 Å². The standard InChI is InChI=1S/C41H31Cl4N3O3/c1-26(27-9-3-2-4-10-27)48-24-31(23-30-11-5-7-13-35(30)44)41(49-39(47-51-41)29-17-21-33(43)22-18-29)40(25-48)37(34-12-6-8-14-36(34)45)38(46-50-40)28-15-19-32(42)20-16-28/h2-23,26,37H,24-25H2,1H3/b31-23-/t26-,37-,40?,41+/m1/s1. The largest absolute Gasteiger partial charge is 0.422 e. The molecule has 0 N–H and O–H groups in total. The van der Waals surface area contributed by atoms with Crippen LogP contribution >= 0.6 is 46.4 Å². The molecule has 1 unspecified atom stereocenters. The highest BCUT2D eigenvalue weighted by atomic mass is 35.5. The Morgan fingerprint density at radius 2 is 1.33 bits per heavy atom. The number of nitrogens with zero attached hydrogens (tertiary/aromatic N) is 3. The molecule has 0 radical (unpaired) electrons. The smallest absolute Gasteiger partial charge is 0.346 e. The number of oxime groups is 2. The van der Waals surface area contributed by atoms with Gasteiger partial charge in [0, 0.05) is 49.4 Å². The summed E-state index contributed by atoms with van der Waals surface area (Å²) in [4.78, 5) is 15.9. The van der Waals surface area contributed by atoms with Crippen LogP contribution in [0.4, 0.5) is 0 Å². The molecule has 51 heavy (non-hydrogen) atoms. The molecule has 0 saturated carbocycles. The number of ether oxygens (including phenoxy) is 1. The molecule has 1 fully saturated rings. The Labute approximate surface area is 316 Å². The lowest BCUT2D eigenvalue weighted by Gasteiger charge is -2.52. The van der Waals surface area contributed by atoms with E-state index in [4.69, 9.17) is 66.0 Å². The zero-order chi connectivity index (χ0) is 35.2. The Hall–Kier alpha value is -4.30. The van der Waals surface area contributed by atoms with Crippen LogP contribution in [0.5, 0.6) is 0 Å². The predicted octanol–water partition coefficient (Wildman–Crippen LogP) is 10.8. The fourth-order valence-electron chi connectivity index (χ4n) is 7.24. The number of halogens is 4. The highest BCUT2D eigenvalue weighted by molar-refractivity contribution is 6.32. The fourth-order valence-corrected chi connectivity index (χ4v) is 7.93. The summed E-state index contributed by atoms with van der Waals surface area (Å²) in [5.74, 6) is -1.95. The second-order valence-electron chi connectivity index (χ2n) is 12.8. The summed E-state index contributed by atoms with van der Waals surface area (Å²) in [5.41, 5.74) is 4.24. The highest BCUT2D eigenvalue weighted by Gasteiger charge is 2.74. The Kier molecular flexibility index (Phi) is 9.07. The molecule has 1 saturated heterocycles. The third-order valence-corrected chi connectivity index (χ3v) is 11.0. The van der Waals surface area contributed by atoms with Crippen molar-refractivity contribution >= 4 is 64.1 Å². The summed E-state index contributed by atoms with van der Waals surface area (Å²) in [6, 6.07) is 40.5. The Morgan fingerprint density at radius 1 is 0.706 bits per heavy atom. The van der Waals surface area contributed by atoms with Gasteiger partial charge in [-0.2, -0.15) is 0 Å². The molecule has 0 bridgehead atoms. The van der Waals surface area contributed by atoms with Crippen molar-refractivity contribution in [2.45, 2.75) is 30.3 Å². The topological polar surface area (TPSA) is 55.7 Å². The van der Waals surface area contributed by atoms with Crippen LogP contribution in [0.2, 0.25) is 20.1 Å². The maximum absolute atomic E-state index is 7.10. The van der Waals surface area contributed by atoms with E-state index in [-0.39, 0.29) is 11.9 Å². The minimum Gasteiger partial charge on any atom is -0.422 e. The van der Waals surface area contributed by atoms with Crippen molar-refractivity contribution in [3.8, 4) is 0 Å². The second kappa shape index (κ2) is 13.7. The van der Waals surface area contributed by atoms with E-state index < -0.39 is 17.3 Å². The van der Waals surface area contributed by atoms with Gasteiger partial charge >= 0.3 is 5.79 Å². The average molecular weight is 756 g/mol.